The minimum Gasteiger partial charge on any atom is -0.382 e. The molecule has 1 aliphatic rings. The van der Waals surface area contributed by atoms with Crippen LogP contribution in [0.15, 0.2) is 36.5 Å². The maximum absolute atomic E-state index is 13.0. The molecule has 1 aromatic carbocycles. The zero-order valence-electron chi connectivity index (χ0n) is 15.8. The van der Waals surface area contributed by atoms with Crippen LogP contribution in [0.1, 0.15) is 17.3 Å². The van der Waals surface area contributed by atoms with Crippen LogP contribution < -0.4 is 5.32 Å². The third kappa shape index (κ3) is 5.05. The molecule has 146 valence electrons. The molecule has 27 heavy (non-hydrogen) atoms. The molecule has 0 unspecified atom stereocenters. The third-order valence-electron chi connectivity index (χ3n) is 4.83. The van der Waals surface area contributed by atoms with Crippen LogP contribution in [0.2, 0.25) is 0 Å². The summed E-state index contributed by atoms with van der Waals surface area (Å²) in [5.74, 6) is -0.223. The Labute approximate surface area is 158 Å². The van der Waals surface area contributed by atoms with E-state index >= 15 is 0 Å². The topological polar surface area (TPSA) is 62.6 Å². The lowest BCUT2D eigenvalue weighted by atomic mass is 10.2. The normalized spacial score (nSPS) is 16.3. The van der Waals surface area contributed by atoms with Crippen LogP contribution in [0.5, 0.6) is 0 Å². The van der Waals surface area contributed by atoms with Gasteiger partial charge in [0.05, 0.1) is 18.3 Å². The van der Waals surface area contributed by atoms with E-state index < -0.39 is 0 Å². The second kappa shape index (κ2) is 8.96. The number of benzene rings is 1. The van der Waals surface area contributed by atoms with Gasteiger partial charge in [-0.3, -0.25) is 9.58 Å². The van der Waals surface area contributed by atoms with Gasteiger partial charge < -0.3 is 15.0 Å². The van der Waals surface area contributed by atoms with Crippen molar-refractivity contribution in [3.05, 3.63) is 53.6 Å². The standard InChI is InChI=1S/C19H26FN5O2/c1-23-18(7-8-21-23)17(14-27-2)22-19(26)25-11-9-24(10-12-25)13-15-3-5-16(20)6-4-15/h3-8,17H,9-14H2,1-2H3,(H,22,26)/t17-/m1/s1. The molecule has 2 heterocycles. The molecule has 7 nitrogen and oxygen atoms in total. The smallest absolute Gasteiger partial charge is 0.318 e. The van der Waals surface area contributed by atoms with Crippen molar-refractivity contribution in [2.75, 3.05) is 39.9 Å². The van der Waals surface area contributed by atoms with Crippen molar-refractivity contribution in [2.45, 2.75) is 12.6 Å². The van der Waals surface area contributed by atoms with Crippen molar-refractivity contribution < 1.29 is 13.9 Å². The average molecular weight is 375 g/mol. The number of hydrogen-bond acceptors (Lipinski definition) is 4. The molecule has 2 aromatic rings. The van der Waals surface area contributed by atoms with Gasteiger partial charge in [-0.25, -0.2) is 9.18 Å². The SMILES string of the molecule is COC[C@@H](NC(=O)N1CCN(Cc2ccc(F)cc2)CC1)c1ccnn1C. The number of piperazine rings is 1. The molecule has 0 aliphatic carbocycles. The summed E-state index contributed by atoms with van der Waals surface area (Å²) in [7, 11) is 3.46. The number of hydrogen-bond donors (Lipinski definition) is 1. The molecule has 8 heteroatoms. The highest BCUT2D eigenvalue weighted by atomic mass is 19.1. The fourth-order valence-corrected chi connectivity index (χ4v) is 3.29. The average Bonchev–Trinajstić information content (AvgIpc) is 3.09. The number of rotatable bonds is 6. The van der Waals surface area contributed by atoms with Gasteiger partial charge in [-0.2, -0.15) is 5.10 Å². The molecule has 2 amide bonds. The fraction of sp³-hybridized carbons (Fsp3) is 0.474. The molecule has 0 spiro atoms. The number of nitrogens with one attached hydrogen (secondary N) is 1. The van der Waals surface area contributed by atoms with E-state index in [1.807, 2.05) is 18.0 Å². The van der Waals surface area contributed by atoms with E-state index in [9.17, 15) is 9.18 Å². The zero-order valence-corrected chi connectivity index (χ0v) is 15.8. The largest absolute Gasteiger partial charge is 0.382 e. The van der Waals surface area contributed by atoms with Gasteiger partial charge in [0, 0.05) is 53.1 Å². The fourth-order valence-electron chi connectivity index (χ4n) is 3.29. The van der Waals surface area contributed by atoms with Crippen LogP contribution in [-0.4, -0.2) is 65.5 Å². The Morgan fingerprint density at radius 1 is 1.22 bits per heavy atom. The van der Waals surface area contributed by atoms with Gasteiger partial charge in [0.15, 0.2) is 0 Å². The van der Waals surface area contributed by atoms with Crippen LogP contribution >= 0.6 is 0 Å². The molecule has 0 bridgehead atoms. The number of nitrogens with zero attached hydrogens (tertiary/aromatic N) is 4. The maximum Gasteiger partial charge on any atom is 0.318 e. The van der Waals surface area contributed by atoms with Crippen LogP contribution in [0, 0.1) is 5.82 Å². The van der Waals surface area contributed by atoms with Gasteiger partial charge in [0.1, 0.15) is 5.82 Å². The molecule has 1 N–H and O–H groups in total. The third-order valence-corrected chi connectivity index (χ3v) is 4.83. The van der Waals surface area contributed by atoms with Crippen molar-refractivity contribution in [2.24, 2.45) is 7.05 Å². The van der Waals surface area contributed by atoms with Crippen LogP contribution in [-0.2, 0) is 18.3 Å². The molecule has 1 aromatic heterocycles. The number of amides is 2. The van der Waals surface area contributed by atoms with Crippen molar-refractivity contribution in [1.29, 1.82) is 0 Å². The minimum absolute atomic E-state index is 0.0975. The summed E-state index contributed by atoms with van der Waals surface area (Å²) in [5.41, 5.74) is 1.98. The second-order valence-corrected chi connectivity index (χ2v) is 6.73. The van der Waals surface area contributed by atoms with Crippen molar-refractivity contribution in [3.8, 4) is 0 Å². The molecule has 1 aliphatic heterocycles. The Hall–Kier alpha value is -2.45. The first-order valence-corrected chi connectivity index (χ1v) is 9.06. The van der Waals surface area contributed by atoms with Crippen LogP contribution in [0.25, 0.3) is 0 Å². The lowest BCUT2D eigenvalue weighted by Crippen LogP contribution is -2.52. The molecule has 0 radical (unpaired) electrons. The Morgan fingerprint density at radius 3 is 2.52 bits per heavy atom. The van der Waals surface area contributed by atoms with Crippen LogP contribution in [0.4, 0.5) is 9.18 Å². The zero-order chi connectivity index (χ0) is 19.2. The number of aryl methyl sites for hydroxylation is 1. The van der Waals surface area contributed by atoms with Gasteiger partial charge >= 0.3 is 6.03 Å². The number of aromatic nitrogens is 2. The monoisotopic (exact) mass is 375 g/mol. The summed E-state index contributed by atoms with van der Waals surface area (Å²) in [6, 6.07) is 8.10. The highest BCUT2D eigenvalue weighted by Gasteiger charge is 2.24. The Balaban J connectivity index is 1.51. The lowest BCUT2D eigenvalue weighted by Gasteiger charge is -2.35. The number of urea groups is 1. The Kier molecular flexibility index (Phi) is 6.41. The Morgan fingerprint density at radius 2 is 1.93 bits per heavy atom. The van der Waals surface area contributed by atoms with E-state index in [1.54, 1.807) is 30.1 Å². The summed E-state index contributed by atoms with van der Waals surface area (Å²) < 4.78 is 20.0. The van der Waals surface area contributed by atoms with Gasteiger partial charge in [-0.05, 0) is 23.8 Å². The quantitative estimate of drug-likeness (QED) is 0.836. The molecule has 3 rings (SSSR count). The Bertz CT molecular complexity index is 741. The first-order valence-electron chi connectivity index (χ1n) is 9.06. The first-order chi connectivity index (χ1) is 13.1. The van der Waals surface area contributed by atoms with E-state index in [4.69, 9.17) is 4.74 Å². The molecular formula is C19H26FN5O2. The van der Waals surface area contributed by atoms with E-state index in [2.05, 4.69) is 15.3 Å². The van der Waals surface area contributed by atoms with Gasteiger partial charge in [-0.1, -0.05) is 12.1 Å². The summed E-state index contributed by atoms with van der Waals surface area (Å²) in [6.07, 6.45) is 1.71. The van der Waals surface area contributed by atoms with Crippen molar-refractivity contribution >= 4 is 6.03 Å². The van der Waals surface area contributed by atoms with Gasteiger partial charge in [-0.15, -0.1) is 0 Å². The van der Waals surface area contributed by atoms with Crippen molar-refractivity contribution in [1.82, 2.24) is 24.9 Å². The summed E-state index contributed by atoms with van der Waals surface area (Å²) in [6.45, 7) is 4.01. The van der Waals surface area contributed by atoms with Crippen molar-refractivity contribution in [3.63, 3.8) is 0 Å². The molecule has 0 saturated carbocycles. The number of carbonyl (C=O) groups is 1. The maximum atomic E-state index is 13.0. The highest BCUT2D eigenvalue weighted by Crippen LogP contribution is 2.14. The van der Waals surface area contributed by atoms with E-state index in [1.165, 1.54) is 12.1 Å². The molecule has 1 saturated heterocycles. The minimum atomic E-state index is -0.243. The van der Waals surface area contributed by atoms with Gasteiger partial charge in [0.2, 0.25) is 0 Å². The number of halogens is 1. The summed E-state index contributed by atoms with van der Waals surface area (Å²) in [5, 5.41) is 7.20. The first kappa shape index (κ1) is 19.3. The second-order valence-electron chi connectivity index (χ2n) is 6.73. The predicted octanol–water partition coefficient (Wildman–Crippen LogP) is 1.77. The highest BCUT2D eigenvalue weighted by molar-refractivity contribution is 5.74. The number of carbonyl (C=O) groups excluding carboxylic acids is 1. The lowest BCUT2D eigenvalue weighted by molar-refractivity contribution is 0.123. The van der Waals surface area contributed by atoms with E-state index in [0.29, 0.717) is 19.7 Å². The van der Waals surface area contributed by atoms with Gasteiger partial charge in [0.25, 0.3) is 0 Å². The van der Waals surface area contributed by atoms with E-state index in [0.717, 1.165) is 30.9 Å². The summed E-state index contributed by atoms with van der Waals surface area (Å²) in [4.78, 5) is 16.7. The van der Waals surface area contributed by atoms with Crippen LogP contribution in [0.3, 0.4) is 0 Å². The summed E-state index contributed by atoms with van der Waals surface area (Å²) >= 11 is 0. The van der Waals surface area contributed by atoms with E-state index in [-0.39, 0.29) is 17.9 Å². The molecular weight excluding hydrogens is 349 g/mol. The predicted molar refractivity (Wildman–Crippen MR) is 99.6 cm³/mol. The molecule has 1 fully saturated rings. The molecule has 1 atom stereocenters. The number of ether oxygens (including phenoxy) is 1. The number of methoxy groups -OCH3 is 1.